The Labute approximate surface area is 153 Å². The van der Waals surface area contributed by atoms with Gasteiger partial charge in [0.15, 0.2) is 0 Å². The fourth-order valence-electron chi connectivity index (χ4n) is 2.83. The van der Waals surface area contributed by atoms with Crippen LogP contribution in [0.15, 0.2) is 54.7 Å². The van der Waals surface area contributed by atoms with Crippen LogP contribution in [-0.2, 0) is 6.54 Å². The van der Waals surface area contributed by atoms with Gasteiger partial charge in [0.25, 0.3) is 5.91 Å². The molecule has 0 aliphatic rings. The summed E-state index contributed by atoms with van der Waals surface area (Å²) >= 11 is 5.96. The van der Waals surface area contributed by atoms with Crippen LogP contribution in [0.1, 0.15) is 15.9 Å². The van der Waals surface area contributed by atoms with E-state index in [1.807, 2.05) is 73.7 Å². The van der Waals surface area contributed by atoms with Crippen molar-refractivity contribution in [1.29, 1.82) is 0 Å². The smallest absolute Gasteiger partial charge is 0.253 e. The zero-order chi connectivity index (χ0) is 17.8. The van der Waals surface area contributed by atoms with Crippen molar-refractivity contribution in [1.82, 2.24) is 14.8 Å². The van der Waals surface area contributed by atoms with E-state index in [0.717, 1.165) is 28.0 Å². The van der Waals surface area contributed by atoms with Crippen molar-refractivity contribution in [2.24, 2.45) is 0 Å². The van der Waals surface area contributed by atoms with E-state index in [9.17, 15) is 4.79 Å². The first-order valence-electron chi connectivity index (χ1n) is 8.30. The van der Waals surface area contributed by atoms with E-state index in [4.69, 9.17) is 11.6 Å². The van der Waals surface area contributed by atoms with E-state index in [1.54, 1.807) is 0 Å². The Morgan fingerprint density at radius 2 is 1.84 bits per heavy atom. The lowest BCUT2D eigenvalue weighted by molar-refractivity contribution is 0.0952. The quantitative estimate of drug-likeness (QED) is 0.733. The number of hydrogen-bond donors (Lipinski definition) is 1. The predicted octanol–water partition coefficient (Wildman–Crippen LogP) is 3.63. The highest BCUT2D eigenvalue weighted by molar-refractivity contribution is 6.30. The van der Waals surface area contributed by atoms with Crippen LogP contribution in [0, 0.1) is 0 Å². The van der Waals surface area contributed by atoms with Gasteiger partial charge in [-0.15, -0.1) is 0 Å². The molecule has 0 aliphatic carbocycles. The van der Waals surface area contributed by atoms with Gasteiger partial charge >= 0.3 is 0 Å². The average molecular weight is 356 g/mol. The van der Waals surface area contributed by atoms with E-state index >= 15 is 0 Å². The van der Waals surface area contributed by atoms with Gasteiger partial charge in [0.1, 0.15) is 0 Å². The van der Waals surface area contributed by atoms with Gasteiger partial charge in [-0.05, 0) is 37.9 Å². The lowest BCUT2D eigenvalue weighted by Crippen LogP contribution is -2.31. The number of carbonyl (C=O) groups excluding carboxylic acids is 1. The number of rotatable bonds is 6. The van der Waals surface area contributed by atoms with E-state index in [-0.39, 0.29) is 5.91 Å². The maximum atomic E-state index is 12.6. The SMILES string of the molecule is CN(C)CCNC(=O)c1cn(Cc2ccc(Cl)cc2)c2ccccc12. The molecule has 4 nitrogen and oxygen atoms in total. The molecule has 0 atom stereocenters. The molecule has 1 aromatic heterocycles. The number of nitrogens with zero attached hydrogens (tertiary/aromatic N) is 2. The molecule has 0 aliphatic heterocycles. The van der Waals surface area contributed by atoms with E-state index in [2.05, 4.69) is 9.88 Å². The molecule has 1 N–H and O–H groups in total. The van der Waals surface area contributed by atoms with Gasteiger partial charge in [0.05, 0.1) is 5.56 Å². The van der Waals surface area contributed by atoms with Crippen molar-refractivity contribution in [2.45, 2.75) is 6.54 Å². The normalized spacial score (nSPS) is 11.2. The molecule has 0 saturated carbocycles. The molecule has 25 heavy (non-hydrogen) atoms. The number of benzene rings is 2. The molecule has 130 valence electrons. The fraction of sp³-hybridized carbons (Fsp3) is 0.250. The van der Waals surface area contributed by atoms with Gasteiger partial charge in [-0.25, -0.2) is 0 Å². The molecule has 0 radical (unpaired) electrons. The summed E-state index contributed by atoms with van der Waals surface area (Å²) in [5.74, 6) is -0.0343. The van der Waals surface area contributed by atoms with Gasteiger partial charge in [0, 0.05) is 41.8 Å². The van der Waals surface area contributed by atoms with Crippen LogP contribution < -0.4 is 5.32 Å². The third kappa shape index (κ3) is 4.21. The highest BCUT2D eigenvalue weighted by Crippen LogP contribution is 2.23. The van der Waals surface area contributed by atoms with E-state index < -0.39 is 0 Å². The molecular formula is C20H22ClN3O. The molecule has 0 unspecified atom stereocenters. The van der Waals surface area contributed by atoms with Crippen LogP contribution in [-0.4, -0.2) is 42.6 Å². The minimum absolute atomic E-state index is 0.0343. The van der Waals surface area contributed by atoms with Crippen LogP contribution in [0.5, 0.6) is 0 Å². The van der Waals surface area contributed by atoms with Crippen molar-refractivity contribution in [2.75, 3.05) is 27.2 Å². The molecule has 0 bridgehead atoms. The Bertz CT molecular complexity index is 868. The lowest BCUT2D eigenvalue weighted by atomic mass is 10.1. The fourth-order valence-corrected chi connectivity index (χ4v) is 2.96. The summed E-state index contributed by atoms with van der Waals surface area (Å²) in [6, 6.07) is 15.8. The number of likely N-dealkylation sites (N-methyl/N-ethyl adjacent to an activating group) is 1. The number of para-hydroxylation sites is 1. The maximum absolute atomic E-state index is 12.6. The molecule has 1 amide bonds. The number of halogens is 1. The van der Waals surface area contributed by atoms with Crippen LogP contribution in [0.25, 0.3) is 10.9 Å². The minimum Gasteiger partial charge on any atom is -0.351 e. The number of fused-ring (bicyclic) bond motifs is 1. The zero-order valence-corrected chi connectivity index (χ0v) is 15.3. The van der Waals surface area contributed by atoms with Crippen LogP contribution in [0.4, 0.5) is 0 Å². The molecule has 3 aromatic rings. The number of amides is 1. The van der Waals surface area contributed by atoms with Gasteiger partial charge in [-0.1, -0.05) is 41.9 Å². The minimum atomic E-state index is -0.0343. The van der Waals surface area contributed by atoms with Gasteiger partial charge < -0.3 is 14.8 Å². The number of carbonyl (C=O) groups is 1. The summed E-state index contributed by atoms with van der Waals surface area (Å²) in [6.45, 7) is 2.14. The Morgan fingerprint density at radius 3 is 2.56 bits per heavy atom. The number of aromatic nitrogens is 1. The highest BCUT2D eigenvalue weighted by atomic mass is 35.5. The third-order valence-corrected chi connectivity index (χ3v) is 4.40. The van der Waals surface area contributed by atoms with Gasteiger partial charge in [0.2, 0.25) is 0 Å². The molecule has 2 aromatic carbocycles. The Kier molecular flexibility index (Phi) is 5.41. The van der Waals surface area contributed by atoms with Crippen molar-refractivity contribution < 1.29 is 4.79 Å². The summed E-state index contributed by atoms with van der Waals surface area (Å²) in [7, 11) is 3.98. The second-order valence-electron chi connectivity index (χ2n) is 6.37. The summed E-state index contributed by atoms with van der Waals surface area (Å²) in [5.41, 5.74) is 2.91. The second-order valence-corrected chi connectivity index (χ2v) is 6.81. The predicted molar refractivity (Wildman–Crippen MR) is 103 cm³/mol. The average Bonchev–Trinajstić information content (AvgIpc) is 2.95. The molecular weight excluding hydrogens is 334 g/mol. The summed E-state index contributed by atoms with van der Waals surface area (Å²) in [6.07, 6.45) is 1.93. The summed E-state index contributed by atoms with van der Waals surface area (Å²) in [4.78, 5) is 14.6. The maximum Gasteiger partial charge on any atom is 0.253 e. The third-order valence-electron chi connectivity index (χ3n) is 4.14. The lowest BCUT2D eigenvalue weighted by Gasteiger charge is -2.09. The molecule has 0 spiro atoms. The van der Waals surface area contributed by atoms with Crippen molar-refractivity contribution in [3.8, 4) is 0 Å². The standard InChI is InChI=1S/C20H22ClN3O/c1-23(2)12-11-22-20(25)18-14-24(19-6-4-3-5-17(18)19)13-15-7-9-16(21)10-8-15/h3-10,14H,11-13H2,1-2H3,(H,22,25). The number of nitrogens with one attached hydrogen (secondary N) is 1. The van der Waals surface area contributed by atoms with E-state index in [1.165, 1.54) is 0 Å². The summed E-state index contributed by atoms with van der Waals surface area (Å²) in [5, 5.41) is 4.69. The summed E-state index contributed by atoms with van der Waals surface area (Å²) < 4.78 is 2.11. The monoisotopic (exact) mass is 355 g/mol. The molecule has 1 heterocycles. The van der Waals surface area contributed by atoms with Gasteiger partial charge in [-0.3, -0.25) is 4.79 Å². The van der Waals surface area contributed by atoms with Crippen molar-refractivity contribution >= 4 is 28.4 Å². The van der Waals surface area contributed by atoms with Crippen LogP contribution in [0.2, 0.25) is 5.02 Å². The molecule has 3 rings (SSSR count). The first-order valence-corrected chi connectivity index (χ1v) is 8.67. The molecule has 0 fully saturated rings. The zero-order valence-electron chi connectivity index (χ0n) is 14.5. The Balaban J connectivity index is 1.87. The first kappa shape index (κ1) is 17.5. The highest BCUT2D eigenvalue weighted by Gasteiger charge is 2.14. The molecule has 0 saturated heterocycles. The second kappa shape index (κ2) is 7.72. The Morgan fingerprint density at radius 1 is 1.12 bits per heavy atom. The van der Waals surface area contributed by atoms with Crippen LogP contribution >= 0.6 is 11.6 Å². The topological polar surface area (TPSA) is 37.3 Å². The largest absolute Gasteiger partial charge is 0.351 e. The van der Waals surface area contributed by atoms with Crippen molar-refractivity contribution in [3.05, 3.63) is 70.9 Å². The van der Waals surface area contributed by atoms with Gasteiger partial charge in [-0.2, -0.15) is 0 Å². The van der Waals surface area contributed by atoms with Crippen molar-refractivity contribution in [3.63, 3.8) is 0 Å². The first-order chi connectivity index (χ1) is 12.0. The van der Waals surface area contributed by atoms with E-state index in [0.29, 0.717) is 18.7 Å². The molecule has 5 heteroatoms. The number of hydrogen-bond acceptors (Lipinski definition) is 2. The Hall–Kier alpha value is -2.30. The van der Waals surface area contributed by atoms with Crippen LogP contribution in [0.3, 0.4) is 0 Å².